The summed E-state index contributed by atoms with van der Waals surface area (Å²) in [5.41, 5.74) is 1.60. The topological polar surface area (TPSA) is 63.1 Å². The Labute approximate surface area is 164 Å². The summed E-state index contributed by atoms with van der Waals surface area (Å²) in [7, 11) is 0. The molecule has 6 heteroatoms. The number of benzene rings is 2. The number of pyridine rings is 1. The summed E-state index contributed by atoms with van der Waals surface area (Å²) < 4.78 is 1.95. The second kappa shape index (κ2) is 8.11. The lowest BCUT2D eigenvalue weighted by molar-refractivity contribution is -0.122. The zero-order valence-corrected chi connectivity index (χ0v) is 16.1. The molecular weight excluding hydrogens is 362 g/mol. The number of hydrogen-bond donors (Lipinski definition) is 2. The Balaban J connectivity index is 0.00000210. The van der Waals surface area contributed by atoms with Gasteiger partial charge in [0.2, 0.25) is 5.91 Å². The van der Waals surface area contributed by atoms with Crippen LogP contribution >= 0.6 is 12.4 Å². The van der Waals surface area contributed by atoms with E-state index in [4.69, 9.17) is 0 Å². The molecule has 0 bridgehead atoms. The second-order valence-electron chi connectivity index (χ2n) is 7.01. The maximum absolute atomic E-state index is 12.8. The minimum atomic E-state index is -0.0236. The zero-order valence-electron chi connectivity index (χ0n) is 15.3. The first-order valence-corrected chi connectivity index (χ1v) is 9.18. The number of rotatable bonds is 3. The van der Waals surface area contributed by atoms with Gasteiger partial charge in [0.05, 0.1) is 11.0 Å². The number of para-hydroxylation sites is 2. The number of carbonyl (C=O) groups excluding carboxylic acids is 1. The predicted octanol–water partition coefficient (Wildman–Crippen LogP) is 2.83. The summed E-state index contributed by atoms with van der Waals surface area (Å²) in [4.78, 5) is 25.5. The average Bonchev–Trinajstić information content (AvgIpc) is 2.67. The molecular formula is C21H24ClN3O2. The number of aromatic nitrogens is 1. The van der Waals surface area contributed by atoms with Crippen LogP contribution in [0.4, 0.5) is 0 Å². The van der Waals surface area contributed by atoms with Gasteiger partial charge >= 0.3 is 0 Å². The van der Waals surface area contributed by atoms with Gasteiger partial charge in [-0.1, -0.05) is 24.3 Å². The Bertz CT molecular complexity index is 971. The number of hydrogen-bond acceptors (Lipinski definition) is 3. The fraction of sp³-hybridized carbons (Fsp3) is 0.333. The minimum Gasteiger partial charge on any atom is -0.350 e. The average molecular weight is 386 g/mol. The summed E-state index contributed by atoms with van der Waals surface area (Å²) in [5, 5.41) is 7.86. The lowest BCUT2D eigenvalue weighted by Crippen LogP contribution is -2.52. The van der Waals surface area contributed by atoms with Gasteiger partial charge in [-0.3, -0.25) is 9.59 Å². The Morgan fingerprint density at radius 3 is 2.30 bits per heavy atom. The van der Waals surface area contributed by atoms with Crippen molar-refractivity contribution in [3.8, 4) is 0 Å². The Kier molecular flexibility index (Phi) is 5.82. The minimum absolute atomic E-state index is 0. The molecule has 0 radical (unpaired) electrons. The first-order chi connectivity index (χ1) is 12.6. The highest BCUT2D eigenvalue weighted by Crippen LogP contribution is 2.19. The SMILES string of the molecule is CC1NCCCC1NC(=O)Cn1c2ccccc2c(=O)c2ccccc21.Cl. The Morgan fingerprint density at radius 1 is 1.11 bits per heavy atom. The summed E-state index contributed by atoms with van der Waals surface area (Å²) in [6, 6.07) is 15.4. The molecule has 142 valence electrons. The molecule has 1 aliphatic heterocycles. The van der Waals surface area contributed by atoms with Crippen LogP contribution in [0.15, 0.2) is 53.3 Å². The number of nitrogens with one attached hydrogen (secondary N) is 2. The molecule has 0 saturated carbocycles. The van der Waals surface area contributed by atoms with Crippen molar-refractivity contribution in [1.29, 1.82) is 0 Å². The molecule has 0 spiro atoms. The van der Waals surface area contributed by atoms with Crippen molar-refractivity contribution in [2.45, 2.75) is 38.4 Å². The molecule has 1 fully saturated rings. The summed E-state index contributed by atoms with van der Waals surface area (Å²) in [6.07, 6.45) is 2.06. The van der Waals surface area contributed by atoms with Gasteiger partial charge in [-0.25, -0.2) is 0 Å². The number of carbonyl (C=O) groups is 1. The molecule has 1 aliphatic rings. The second-order valence-corrected chi connectivity index (χ2v) is 7.01. The van der Waals surface area contributed by atoms with Crippen LogP contribution in [-0.4, -0.2) is 29.1 Å². The molecule has 3 aromatic rings. The fourth-order valence-corrected chi connectivity index (χ4v) is 3.88. The van der Waals surface area contributed by atoms with Crippen LogP contribution in [0.2, 0.25) is 0 Å². The van der Waals surface area contributed by atoms with E-state index in [0.29, 0.717) is 10.8 Å². The monoisotopic (exact) mass is 385 g/mol. The lowest BCUT2D eigenvalue weighted by atomic mass is 10.00. The third-order valence-electron chi connectivity index (χ3n) is 5.29. The first-order valence-electron chi connectivity index (χ1n) is 9.18. The van der Waals surface area contributed by atoms with Gasteiger partial charge in [0.25, 0.3) is 0 Å². The number of nitrogens with zero attached hydrogens (tertiary/aromatic N) is 1. The summed E-state index contributed by atoms with van der Waals surface area (Å²) in [6.45, 7) is 3.31. The number of amides is 1. The van der Waals surface area contributed by atoms with E-state index in [-0.39, 0.29) is 42.4 Å². The third kappa shape index (κ3) is 3.70. The highest BCUT2D eigenvalue weighted by Gasteiger charge is 2.23. The summed E-state index contributed by atoms with van der Waals surface area (Å²) >= 11 is 0. The first kappa shape index (κ1) is 19.4. The predicted molar refractivity (Wildman–Crippen MR) is 112 cm³/mol. The van der Waals surface area contributed by atoms with Gasteiger partial charge in [0, 0.05) is 22.9 Å². The molecule has 1 aromatic heterocycles. The van der Waals surface area contributed by atoms with Gasteiger partial charge < -0.3 is 15.2 Å². The molecule has 2 unspecified atom stereocenters. The van der Waals surface area contributed by atoms with Crippen LogP contribution < -0.4 is 16.1 Å². The van der Waals surface area contributed by atoms with E-state index < -0.39 is 0 Å². The van der Waals surface area contributed by atoms with Crippen molar-refractivity contribution in [3.63, 3.8) is 0 Å². The van der Waals surface area contributed by atoms with Crippen molar-refractivity contribution in [1.82, 2.24) is 15.2 Å². The lowest BCUT2D eigenvalue weighted by Gasteiger charge is -2.30. The molecule has 0 aliphatic carbocycles. The summed E-state index contributed by atoms with van der Waals surface area (Å²) in [5.74, 6) is -0.0236. The van der Waals surface area contributed by atoms with Crippen LogP contribution in [0.1, 0.15) is 19.8 Å². The molecule has 27 heavy (non-hydrogen) atoms. The van der Waals surface area contributed by atoms with Crippen LogP contribution in [0.3, 0.4) is 0 Å². The molecule has 1 saturated heterocycles. The van der Waals surface area contributed by atoms with Gasteiger partial charge in [-0.2, -0.15) is 0 Å². The number of piperidine rings is 1. The maximum atomic E-state index is 12.8. The largest absolute Gasteiger partial charge is 0.350 e. The van der Waals surface area contributed by atoms with Crippen LogP contribution in [-0.2, 0) is 11.3 Å². The molecule has 2 N–H and O–H groups in total. The smallest absolute Gasteiger partial charge is 0.240 e. The fourth-order valence-electron chi connectivity index (χ4n) is 3.88. The normalized spacial score (nSPS) is 19.6. The van der Waals surface area contributed by atoms with Crippen LogP contribution in [0, 0.1) is 0 Å². The van der Waals surface area contributed by atoms with E-state index in [2.05, 4.69) is 17.6 Å². The Morgan fingerprint density at radius 2 is 1.70 bits per heavy atom. The van der Waals surface area contributed by atoms with Gasteiger partial charge in [0.15, 0.2) is 5.43 Å². The number of halogens is 1. The zero-order chi connectivity index (χ0) is 18.1. The number of fused-ring (bicyclic) bond motifs is 2. The third-order valence-corrected chi connectivity index (χ3v) is 5.29. The molecule has 1 amide bonds. The van der Waals surface area contributed by atoms with Crippen LogP contribution in [0.5, 0.6) is 0 Å². The Hall–Kier alpha value is -2.37. The van der Waals surface area contributed by atoms with E-state index in [1.54, 1.807) is 0 Å². The molecule has 2 heterocycles. The highest BCUT2D eigenvalue weighted by molar-refractivity contribution is 5.94. The quantitative estimate of drug-likeness (QED) is 0.681. The van der Waals surface area contributed by atoms with Gasteiger partial charge in [0.1, 0.15) is 6.54 Å². The van der Waals surface area contributed by atoms with Crippen molar-refractivity contribution in [2.75, 3.05) is 6.54 Å². The standard InChI is InChI=1S/C21H23N3O2.ClH/c1-14-17(9-6-12-22-14)23-20(25)13-24-18-10-4-2-7-15(18)21(26)16-8-3-5-11-19(16)24;/h2-5,7-8,10-11,14,17,22H,6,9,12-13H2,1H3,(H,23,25);1H. The maximum Gasteiger partial charge on any atom is 0.240 e. The van der Waals surface area contributed by atoms with Crippen molar-refractivity contribution in [2.24, 2.45) is 0 Å². The molecule has 5 nitrogen and oxygen atoms in total. The van der Waals surface area contributed by atoms with Gasteiger partial charge in [-0.15, -0.1) is 12.4 Å². The van der Waals surface area contributed by atoms with E-state index in [1.807, 2.05) is 53.1 Å². The molecule has 2 atom stereocenters. The van der Waals surface area contributed by atoms with E-state index in [9.17, 15) is 9.59 Å². The van der Waals surface area contributed by atoms with Crippen molar-refractivity contribution in [3.05, 3.63) is 58.8 Å². The van der Waals surface area contributed by atoms with E-state index in [1.165, 1.54) is 0 Å². The molecule has 2 aromatic carbocycles. The highest BCUT2D eigenvalue weighted by atomic mass is 35.5. The van der Waals surface area contributed by atoms with Crippen molar-refractivity contribution >= 4 is 40.1 Å². The van der Waals surface area contributed by atoms with Gasteiger partial charge in [-0.05, 0) is 50.6 Å². The van der Waals surface area contributed by atoms with Crippen molar-refractivity contribution < 1.29 is 4.79 Å². The van der Waals surface area contributed by atoms with E-state index in [0.717, 1.165) is 30.4 Å². The van der Waals surface area contributed by atoms with Crippen LogP contribution in [0.25, 0.3) is 21.8 Å². The van der Waals surface area contributed by atoms with E-state index >= 15 is 0 Å². The molecule has 4 rings (SSSR count).